The van der Waals surface area contributed by atoms with E-state index in [2.05, 4.69) is 36.5 Å². The summed E-state index contributed by atoms with van der Waals surface area (Å²) in [7, 11) is 0. The molecule has 106 valence electrons. The third-order valence-electron chi connectivity index (χ3n) is 4.29. The second-order valence-electron chi connectivity index (χ2n) is 5.89. The van der Waals surface area contributed by atoms with E-state index in [1.165, 1.54) is 56.2 Å². The lowest BCUT2D eigenvalue weighted by Crippen LogP contribution is -2.26. The summed E-state index contributed by atoms with van der Waals surface area (Å²) in [4.78, 5) is 0. The fourth-order valence-corrected chi connectivity index (χ4v) is 3.12. The van der Waals surface area contributed by atoms with Gasteiger partial charge in [0.05, 0.1) is 0 Å². The second-order valence-corrected chi connectivity index (χ2v) is 5.89. The average molecular weight is 260 g/mol. The Labute approximate surface area is 117 Å². The van der Waals surface area contributed by atoms with E-state index in [1.807, 2.05) is 0 Å². The van der Waals surface area contributed by atoms with Crippen LogP contribution in [0, 0.1) is 5.92 Å². The maximum atomic E-state index is 5.64. The third kappa shape index (κ3) is 4.54. The zero-order valence-corrected chi connectivity index (χ0v) is 12.2. The first kappa shape index (κ1) is 14.4. The number of aryl methyl sites for hydroxylation is 1. The summed E-state index contributed by atoms with van der Waals surface area (Å²) >= 11 is 0. The highest BCUT2D eigenvalue weighted by molar-refractivity contribution is 5.45. The van der Waals surface area contributed by atoms with Crippen LogP contribution in [0.2, 0.25) is 0 Å². The normalized spacial score (nSPS) is 23.3. The van der Waals surface area contributed by atoms with Crippen LogP contribution in [0.3, 0.4) is 0 Å². The Bertz CT molecular complexity index is 350. The molecule has 0 radical (unpaired) electrons. The first-order valence-corrected chi connectivity index (χ1v) is 7.87. The van der Waals surface area contributed by atoms with Crippen LogP contribution in [0.25, 0.3) is 0 Å². The minimum atomic E-state index is 0.658. The lowest BCUT2D eigenvalue weighted by Gasteiger charge is -2.29. The van der Waals surface area contributed by atoms with Gasteiger partial charge in [0.25, 0.3) is 0 Å². The summed E-state index contributed by atoms with van der Waals surface area (Å²) < 4.78 is 0. The maximum absolute atomic E-state index is 5.64. The number of anilines is 1. The molecule has 1 aliphatic carbocycles. The predicted molar refractivity (Wildman–Crippen MR) is 83.5 cm³/mol. The van der Waals surface area contributed by atoms with Gasteiger partial charge in [0.15, 0.2) is 0 Å². The van der Waals surface area contributed by atoms with E-state index in [0.717, 1.165) is 12.5 Å². The number of nitrogens with two attached hydrogens (primary N) is 1. The summed E-state index contributed by atoms with van der Waals surface area (Å²) in [6.07, 6.45) is 8.87. The molecule has 1 aromatic rings. The van der Waals surface area contributed by atoms with E-state index < -0.39 is 0 Å². The Morgan fingerprint density at radius 3 is 2.37 bits per heavy atom. The van der Waals surface area contributed by atoms with Crippen LogP contribution in [0.15, 0.2) is 24.3 Å². The van der Waals surface area contributed by atoms with Crippen LogP contribution in [0.1, 0.15) is 51.0 Å². The van der Waals surface area contributed by atoms with Crippen molar-refractivity contribution in [2.75, 3.05) is 11.9 Å². The van der Waals surface area contributed by atoms with E-state index >= 15 is 0 Å². The number of rotatable bonds is 6. The fraction of sp³-hybridized carbons (Fsp3) is 0.647. The van der Waals surface area contributed by atoms with Crippen LogP contribution in [-0.4, -0.2) is 12.6 Å². The van der Waals surface area contributed by atoms with Crippen molar-refractivity contribution < 1.29 is 0 Å². The van der Waals surface area contributed by atoms with E-state index in [-0.39, 0.29) is 0 Å². The van der Waals surface area contributed by atoms with E-state index in [0.29, 0.717) is 6.04 Å². The number of nitrogens with one attached hydrogen (secondary N) is 1. The molecule has 2 rings (SSSR count). The molecule has 19 heavy (non-hydrogen) atoms. The summed E-state index contributed by atoms with van der Waals surface area (Å²) in [5.41, 5.74) is 8.36. The van der Waals surface area contributed by atoms with Crippen molar-refractivity contribution in [2.24, 2.45) is 11.7 Å². The van der Waals surface area contributed by atoms with Crippen LogP contribution >= 0.6 is 0 Å². The molecule has 0 saturated heterocycles. The maximum Gasteiger partial charge on any atom is 0.0342 e. The SMILES string of the molecule is CCCc1ccc(NC2CCC(CCN)CC2)cc1. The monoisotopic (exact) mass is 260 g/mol. The van der Waals surface area contributed by atoms with Gasteiger partial charge in [0.1, 0.15) is 0 Å². The minimum Gasteiger partial charge on any atom is -0.382 e. The zero-order valence-electron chi connectivity index (χ0n) is 12.2. The van der Waals surface area contributed by atoms with Crippen molar-refractivity contribution in [2.45, 2.75) is 57.9 Å². The Hall–Kier alpha value is -1.02. The smallest absolute Gasteiger partial charge is 0.0342 e. The number of hydrogen-bond acceptors (Lipinski definition) is 2. The van der Waals surface area contributed by atoms with Gasteiger partial charge in [-0.1, -0.05) is 25.5 Å². The highest BCUT2D eigenvalue weighted by Crippen LogP contribution is 2.28. The molecule has 0 unspecified atom stereocenters. The summed E-state index contributed by atoms with van der Waals surface area (Å²) in [6, 6.07) is 9.64. The minimum absolute atomic E-state index is 0.658. The third-order valence-corrected chi connectivity index (χ3v) is 4.29. The molecule has 2 nitrogen and oxygen atoms in total. The Kier molecular flexibility index (Phi) is 5.71. The second kappa shape index (κ2) is 7.54. The van der Waals surface area contributed by atoms with Crippen molar-refractivity contribution in [3.05, 3.63) is 29.8 Å². The molecule has 1 fully saturated rings. The summed E-state index contributed by atoms with van der Waals surface area (Å²) in [5.74, 6) is 0.870. The van der Waals surface area contributed by atoms with Crippen molar-refractivity contribution in [3.63, 3.8) is 0 Å². The molecule has 0 heterocycles. The highest BCUT2D eigenvalue weighted by Gasteiger charge is 2.20. The number of benzene rings is 1. The summed E-state index contributed by atoms with van der Waals surface area (Å²) in [5, 5.41) is 3.68. The lowest BCUT2D eigenvalue weighted by atomic mass is 9.84. The van der Waals surface area contributed by atoms with Crippen LogP contribution in [0.4, 0.5) is 5.69 Å². The fourth-order valence-electron chi connectivity index (χ4n) is 3.12. The van der Waals surface area contributed by atoms with Crippen LogP contribution < -0.4 is 11.1 Å². The van der Waals surface area contributed by atoms with Gasteiger partial charge in [-0.05, 0) is 68.7 Å². The molecule has 3 N–H and O–H groups in total. The molecule has 2 heteroatoms. The van der Waals surface area contributed by atoms with Crippen molar-refractivity contribution in [3.8, 4) is 0 Å². The van der Waals surface area contributed by atoms with Gasteiger partial charge < -0.3 is 11.1 Å². The van der Waals surface area contributed by atoms with E-state index in [1.54, 1.807) is 0 Å². The molecule has 0 atom stereocenters. The van der Waals surface area contributed by atoms with Gasteiger partial charge >= 0.3 is 0 Å². The van der Waals surface area contributed by atoms with Gasteiger partial charge in [0, 0.05) is 11.7 Å². The lowest BCUT2D eigenvalue weighted by molar-refractivity contribution is 0.324. The topological polar surface area (TPSA) is 38.0 Å². The van der Waals surface area contributed by atoms with E-state index in [9.17, 15) is 0 Å². The molecule has 0 amide bonds. The highest BCUT2D eigenvalue weighted by atomic mass is 14.9. The largest absolute Gasteiger partial charge is 0.382 e. The molecule has 0 aromatic heterocycles. The van der Waals surface area contributed by atoms with Crippen molar-refractivity contribution >= 4 is 5.69 Å². The molecule has 0 spiro atoms. The molecular weight excluding hydrogens is 232 g/mol. The quantitative estimate of drug-likeness (QED) is 0.812. The summed E-state index contributed by atoms with van der Waals surface area (Å²) in [6.45, 7) is 3.08. The van der Waals surface area contributed by atoms with Crippen LogP contribution in [-0.2, 0) is 6.42 Å². The standard InChI is InChI=1S/C17H28N2/c1-2-3-14-4-8-16(9-5-14)19-17-10-6-15(7-11-17)12-13-18/h4-5,8-9,15,17,19H,2-3,6-7,10-13,18H2,1H3. The Balaban J connectivity index is 1.78. The van der Waals surface area contributed by atoms with E-state index in [4.69, 9.17) is 5.73 Å². The molecule has 0 aliphatic heterocycles. The van der Waals surface area contributed by atoms with Gasteiger partial charge in [-0.15, -0.1) is 0 Å². The molecule has 1 aliphatic rings. The molecule has 1 saturated carbocycles. The van der Waals surface area contributed by atoms with Gasteiger partial charge in [-0.2, -0.15) is 0 Å². The Morgan fingerprint density at radius 1 is 1.11 bits per heavy atom. The van der Waals surface area contributed by atoms with Crippen LogP contribution in [0.5, 0.6) is 0 Å². The van der Waals surface area contributed by atoms with Crippen molar-refractivity contribution in [1.29, 1.82) is 0 Å². The first-order valence-electron chi connectivity index (χ1n) is 7.87. The zero-order chi connectivity index (χ0) is 13.5. The molecule has 1 aromatic carbocycles. The van der Waals surface area contributed by atoms with Gasteiger partial charge in [0.2, 0.25) is 0 Å². The first-order chi connectivity index (χ1) is 9.31. The molecular formula is C17H28N2. The predicted octanol–water partition coefficient (Wildman–Crippen LogP) is 3.96. The van der Waals surface area contributed by atoms with Gasteiger partial charge in [-0.25, -0.2) is 0 Å². The van der Waals surface area contributed by atoms with Crippen molar-refractivity contribution in [1.82, 2.24) is 0 Å². The molecule has 0 bridgehead atoms. The van der Waals surface area contributed by atoms with Gasteiger partial charge in [-0.3, -0.25) is 0 Å². The number of hydrogen-bond donors (Lipinski definition) is 2. The Morgan fingerprint density at radius 2 is 1.79 bits per heavy atom. The average Bonchev–Trinajstić information content (AvgIpc) is 2.44.